The maximum Gasteiger partial charge on any atom is 0.130 e. The lowest BCUT2D eigenvalue weighted by atomic mass is 10.1. The molecule has 0 N–H and O–H groups in total. The molecule has 2 heteroatoms. The van der Waals surface area contributed by atoms with Crippen LogP contribution in [-0.2, 0) is 0 Å². The molecule has 0 aromatic heterocycles. The van der Waals surface area contributed by atoms with Gasteiger partial charge in [-0.25, -0.2) is 0 Å². The normalized spacial score (nSPS) is 9.71. The van der Waals surface area contributed by atoms with Crippen LogP contribution in [0.1, 0.15) is 16.7 Å². The summed E-state index contributed by atoms with van der Waals surface area (Å²) in [5.74, 6) is 1.53. The van der Waals surface area contributed by atoms with Crippen molar-refractivity contribution in [3.05, 3.63) is 59.2 Å². The summed E-state index contributed by atoms with van der Waals surface area (Å²) in [6, 6.07) is 15.2. The van der Waals surface area contributed by atoms with Gasteiger partial charge in [0.05, 0.1) is 11.6 Å². The van der Waals surface area contributed by atoms with Gasteiger partial charge in [-0.15, -0.1) is 0 Å². The smallest absolute Gasteiger partial charge is 0.130 e. The SMILES string of the molecule is Cc1cccc(Oc2cccc(C#N)c2)c1C. The van der Waals surface area contributed by atoms with Gasteiger partial charge in [0.2, 0.25) is 0 Å². The fraction of sp³-hybridized carbons (Fsp3) is 0.133. The van der Waals surface area contributed by atoms with Crippen molar-refractivity contribution in [3.63, 3.8) is 0 Å². The summed E-state index contributed by atoms with van der Waals surface area (Å²) in [6.45, 7) is 4.08. The molecule has 84 valence electrons. The predicted molar refractivity (Wildman–Crippen MR) is 67.1 cm³/mol. The van der Waals surface area contributed by atoms with E-state index in [-0.39, 0.29) is 0 Å². The standard InChI is InChI=1S/C15H13NO/c1-11-5-3-8-15(12(11)2)17-14-7-4-6-13(9-14)10-16/h3-9H,1-2H3. The van der Waals surface area contributed by atoms with Gasteiger partial charge in [0, 0.05) is 0 Å². The average Bonchev–Trinajstić information content (AvgIpc) is 2.35. The van der Waals surface area contributed by atoms with Gasteiger partial charge in [-0.05, 0) is 49.2 Å². The Hall–Kier alpha value is -2.27. The highest BCUT2D eigenvalue weighted by atomic mass is 16.5. The summed E-state index contributed by atoms with van der Waals surface area (Å²) in [4.78, 5) is 0. The molecule has 17 heavy (non-hydrogen) atoms. The van der Waals surface area contributed by atoms with E-state index in [1.165, 1.54) is 5.56 Å². The quantitative estimate of drug-likeness (QED) is 0.771. The Balaban J connectivity index is 2.32. The largest absolute Gasteiger partial charge is 0.457 e. The molecule has 0 aliphatic carbocycles. The molecule has 0 atom stereocenters. The van der Waals surface area contributed by atoms with Crippen LogP contribution in [0.5, 0.6) is 11.5 Å². The van der Waals surface area contributed by atoms with Crippen molar-refractivity contribution in [1.82, 2.24) is 0 Å². The summed E-state index contributed by atoms with van der Waals surface area (Å²) < 4.78 is 5.78. The van der Waals surface area contributed by atoms with Crippen LogP contribution in [0.2, 0.25) is 0 Å². The Morgan fingerprint density at radius 2 is 1.82 bits per heavy atom. The Morgan fingerprint density at radius 3 is 2.59 bits per heavy atom. The maximum absolute atomic E-state index is 8.82. The summed E-state index contributed by atoms with van der Waals surface area (Å²) in [5.41, 5.74) is 2.92. The van der Waals surface area contributed by atoms with Crippen molar-refractivity contribution in [3.8, 4) is 17.6 Å². The number of hydrogen-bond acceptors (Lipinski definition) is 2. The van der Waals surface area contributed by atoms with Crippen LogP contribution in [0.3, 0.4) is 0 Å². The van der Waals surface area contributed by atoms with E-state index in [4.69, 9.17) is 10.00 Å². The summed E-state index contributed by atoms with van der Waals surface area (Å²) >= 11 is 0. The monoisotopic (exact) mass is 223 g/mol. The van der Waals surface area contributed by atoms with Gasteiger partial charge in [-0.1, -0.05) is 18.2 Å². The first-order chi connectivity index (χ1) is 8.20. The predicted octanol–water partition coefficient (Wildman–Crippen LogP) is 3.97. The molecule has 0 fully saturated rings. The first kappa shape index (κ1) is 11.2. The van der Waals surface area contributed by atoms with E-state index in [2.05, 4.69) is 6.07 Å². The number of nitrogens with zero attached hydrogens (tertiary/aromatic N) is 1. The van der Waals surface area contributed by atoms with Crippen LogP contribution in [0.25, 0.3) is 0 Å². The zero-order valence-corrected chi connectivity index (χ0v) is 9.90. The van der Waals surface area contributed by atoms with Crippen LogP contribution in [-0.4, -0.2) is 0 Å². The zero-order valence-electron chi connectivity index (χ0n) is 9.90. The third-order valence-corrected chi connectivity index (χ3v) is 2.75. The average molecular weight is 223 g/mol. The highest BCUT2D eigenvalue weighted by molar-refractivity contribution is 5.43. The molecule has 0 saturated heterocycles. The lowest BCUT2D eigenvalue weighted by Gasteiger charge is -2.10. The van der Waals surface area contributed by atoms with Gasteiger partial charge >= 0.3 is 0 Å². The fourth-order valence-electron chi connectivity index (χ4n) is 1.59. The van der Waals surface area contributed by atoms with Gasteiger partial charge in [0.1, 0.15) is 11.5 Å². The molecule has 0 spiro atoms. The lowest BCUT2D eigenvalue weighted by molar-refractivity contribution is 0.478. The van der Waals surface area contributed by atoms with E-state index in [0.717, 1.165) is 11.3 Å². The molecule has 0 aliphatic rings. The fourth-order valence-corrected chi connectivity index (χ4v) is 1.59. The van der Waals surface area contributed by atoms with Crippen molar-refractivity contribution in [2.45, 2.75) is 13.8 Å². The molecular weight excluding hydrogens is 210 g/mol. The van der Waals surface area contributed by atoms with E-state index in [1.54, 1.807) is 12.1 Å². The second kappa shape index (κ2) is 4.71. The first-order valence-corrected chi connectivity index (χ1v) is 5.45. The number of aryl methyl sites for hydroxylation is 1. The van der Waals surface area contributed by atoms with E-state index in [0.29, 0.717) is 11.3 Å². The van der Waals surface area contributed by atoms with Crippen LogP contribution < -0.4 is 4.74 Å². The van der Waals surface area contributed by atoms with Gasteiger partial charge < -0.3 is 4.74 Å². The van der Waals surface area contributed by atoms with Gasteiger partial charge in [0.25, 0.3) is 0 Å². The van der Waals surface area contributed by atoms with Gasteiger partial charge in [-0.2, -0.15) is 5.26 Å². The van der Waals surface area contributed by atoms with Gasteiger partial charge in [-0.3, -0.25) is 0 Å². The minimum absolute atomic E-state index is 0.604. The number of hydrogen-bond donors (Lipinski definition) is 0. The molecule has 0 heterocycles. The molecular formula is C15H13NO. The van der Waals surface area contributed by atoms with Crippen LogP contribution in [0.15, 0.2) is 42.5 Å². The number of nitriles is 1. The third-order valence-electron chi connectivity index (χ3n) is 2.75. The van der Waals surface area contributed by atoms with E-state index >= 15 is 0 Å². The number of benzene rings is 2. The minimum Gasteiger partial charge on any atom is -0.457 e. The van der Waals surface area contributed by atoms with E-state index in [1.807, 2.05) is 44.2 Å². The van der Waals surface area contributed by atoms with E-state index in [9.17, 15) is 0 Å². The third kappa shape index (κ3) is 2.46. The molecule has 0 amide bonds. The topological polar surface area (TPSA) is 33.0 Å². The minimum atomic E-state index is 0.604. The number of rotatable bonds is 2. The Bertz CT molecular complexity index is 582. The first-order valence-electron chi connectivity index (χ1n) is 5.45. The summed E-state index contributed by atoms with van der Waals surface area (Å²) in [5, 5.41) is 8.82. The molecule has 0 unspecified atom stereocenters. The van der Waals surface area contributed by atoms with Crippen LogP contribution >= 0.6 is 0 Å². The Morgan fingerprint density at radius 1 is 1.06 bits per heavy atom. The molecule has 2 rings (SSSR count). The lowest BCUT2D eigenvalue weighted by Crippen LogP contribution is -1.90. The van der Waals surface area contributed by atoms with Crippen molar-refractivity contribution < 1.29 is 4.74 Å². The Labute approximate surface area is 101 Å². The zero-order chi connectivity index (χ0) is 12.3. The molecule has 0 saturated carbocycles. The van der Waals surface area contributed by atoms with Crippen molar-refractivity contribution in [2.24, 2.45) is 0 Å². The summed E-state index contributed by atoms with van der Waals surface area (Å²) in [7, 11) is 0. The van der Waals surface area contributed by atoms with Crippen molar-refractivity contribution in [1.29, 1.82) is 5.26 Å². The summed E-state index contributed by atoms with van der Waals surface area (Å²) in [6.07, 6.45) is 0. The highest BCUT2D eigenvalue weighted by Gasteiger charge is 2.03. The highest BCUT2D eigenvalue weighted by Crippen LogP contribution is 2.27. The maximum atomic E-state index is 8.82. The van der Waals surface area contributed by atoms with E-state index < -0.39 is 0 Å². The number of ether oxygens (including phenoxy) is 1. The second-order valence-corrected chi connectivity index (χ2v) is 3.94. The van der Waals surface area contributed by atoms with Crippen LogP contribution in [0, 0.1) is 25.2 Å². The molecule has 2 aromatic rings. The van der Waals surface area contributed by atoms with Crippen molar-refractivity contribution >= 4 is 0 Å². The molecule has 0 bridgehead atoms. The second-order valence-electron chi connectivity index (χ2n) is 3.94. The Kier molecular flexibility index (Phi) is 3.11. The molecule has 0 aliphatic heterocycles. The molecule has 2 nitrogen and oxygen atoms in total. The van der Waals surface area contributed by atoms with Crippen LogP contribution in [0.4, 0.5) is 0 Å². The molecule has 0 radical (unpaired) electrons. The molecule has 2 aromatic carbocycles. The van der Waals surface area contributed by atoms with Crippen molar-refractivity contribution in [2.75, 3.05) is 0 Å². The van der Waals surface area contributed by atoms with Gasteiger partial charge in [0.15, 0.2) is 0 Å².